The van der Waals surface area contributed by atoms with Gasteiger partial charge in [-0.25, -0.2) is 0 Å². The zero-order chi connectivity index (χ0) is 16.8. The fraction of sp³-hybridized carbons (Fsp3) is 0.333. The summed E-state index contributed by atoms with van der Waals surface area (Å²) < 4.78 is 10.9. The molecule has 0 bridgehead atoms. The van der Waals surface area contributed by atoms with Crippen LogP contribution in [0.4, 0.5) is 0 Å². The van der Waals surface area contributed by atoms with Crippen LogP contribution in [0.15, 0.2) is 48.8 Å². The molecule has 1 aromatic heterocycles. The van der Waals surface area contributed by atoms with Crippen molar-refractivity contribution in [1.82, 2.24) is 15.2 Å². The molecule has 1 N–H and O–H groups in total. The van der Waals surface area contributed by atoms with Crippen molar-refractivity contribution >= 4 is 5.91 Å². The minimum Gasteiger partial charge on any atom is -0.493 e. The Morgan fingerprint density at radius 2 is 2.12 bits per heavy atom. The second kappa shape index (κ2) is 7.79. The van der Waals surface area contributed by atoms with Crippen LogP contribution in [-0.4, -0.2) is 49.1 Å². The van der Waals surface area contributed by atoms with Crippen molar-refractivity contribution < 1.29 is 14.3 Å². The van der Waals surface area contributed by atoms with Gasteiger partial charge in [0.2, 0.25) is 0 Å². The van der Waals surface area contributed by atoms with E-state index < -0.39 is 0 Å². The summed E-state index contributed by atoms with van der Waals surface area (Å²) in [5, 5.41) is 3.33. The summed E-state index contributed by atoms with van der Waals surface area (Å²) in [6.07, 6.45) is 3.54. The topological polar surface area (TPSA) is 63.7 Å². The van der Waals surface area contributed by atoms with Crippen molar-refractivity contribution in [3.8, 4) is 11.5 Å². The minimum atomic E-state index is -0.0451. The Balaban J connectivity index is 1.68. The average molecular weight is 327 g/mol. The number of ether oxygens (including phenoxy) is 2. The van der Waals surface area contributed by atoms with Gasteiger partial charge in [0.05, 0.1) is 13.2 Å². The highest BCUT2D eigenvalue weighted by atomic mass is 16.5. The molecule has 3 rings (SSSR count). The highest BCUT2D eigenvalue weighted by molar-refractivity contribution is 5.78. The van der Waals surface area contributed by atoms with Crippen molar-refractivity contribution in [2.45, 2.75) is 6.04 Å². The van der Waals surface area contributed by atoms with E-state index in [2.05, 4.69) is 10.3 Å². The van der Waals surface area contributed by atoms with Gasteiger partial charge in [-0.1, -0.05) is 18.2 Å². The normalized spacial score (nSPS) is 17.4. The van der Waals surface area contributed by atoms with Gasteiger partial charge in [0.25, 0.3) is 5.91 Å². The van der Waals surface area contributed by atoms with Gasteiger partial charge in [0.15, 0.2) is 18.1 Å². The first-order chi connectivity index (χ1) is 11.8. The molecule has 24 heavy (non-hydrogen) atoms. The summed E-state index contributed by atoms with van der Waals surface area (Å²) >= 11 is 0. The molecule has 1 fully saturated rings. The second-order valence-electron chi connectivity index (χ2n) is 5.53. The molecule has 1 saturated heterocycles. The van der Waals surface area contributed by atoms with Crippen LogP contribution in [0, 0.1) is 0 Å². The summed E-state index contributed by atoms with van der Waals surface area (Å²) in [5.74, 6) is 1.15. The quantitative estimate of drug-likeness (QED) is 0.904. The summed E-state index contributed by atoms with van der Waals surface area (Å²) in [7, 11) is 1.58. The zero-order valence-electron chi connectivity index (χ0n) is 13.6. The van der Waals surface area contributed by atoms with E-state index in [-0.39, 0.29) is 18.6 Å². The summed E-state index contributed by atoms with van der Waals surface area (Å²) in [4.78, 5) is 18.7. The Hall–Kier alpha value is -2.60. The maximum Gasteiger partial charge on any atom is 0.261 e. The van der Waals surface area contributed by atoms with Gasteiger partial charge in [0, 0.05) is 32.0 Å². The van der Waals surface area contributed by atoms with Crippen LogP contribution in [0.1, 0.15) is 11.6 Å². The number of nitrogens with zero attached hydrogens (tertiary/aromatic N) is 2. The van der Waals surface area contributed by atoms with E-state index in [4.69, 9.17) is 9.47 Å². The third kappa shape index (κ3) is 3.65. The Morgan fingerprint density at radius 3 is 2.88 bits per heavy atom. The standard InChI is InChI=1S/C18H21N3O3/c1-23-16-6-2-3-7-17(16)24-13-18(22)21-10-9-20-12-15(21)14-5-4-8-19-11-14/h2-8,11,15,20H,9-10,12-13H2,1H3. The fourth-order valence-electron chi connectivity index (χ4n) is 2.83. The molecule has 126 valence electrons. The number of hydrogen-bond donors (Lipinski definition) is 1. The SMILES string of the molecule is COc1ccccc1OCC(=O)N1CCNCC1c1cccnc1. The number of carbonyl (C=O) groups excluding carboxylic acids is 1. The van der Waals surface area contributed by atoms with Gasteiger partial charge >= 0.3 is 0 Å². The molecule has 1 aromatic carbocycles. The number of hydrogen-bond acceptors (Lipinski definition) is 5. The Morgan fingerprint density at radius 1 is 1.29 bits per heavy atom. The lowest BCUT2D eigenvalue weighted by Crippen LogP contribution is -2.50. The fourth-order valence-corrected chi connectivity index (χ4v) is 2.83. The maximum atomic E-state index is 12.7. The van der Waals surface area contributed by atoms with Crippen LogP contribution in [-0.2, 0) is 4.79 Å². The van der Waals surface area contributed by atoms with E-state index in [1.54, 1.807) is 25.6 Å². The van der Waals surface area contributed by atoms with Crippen LogP contribution in [0.25, 0.3) is 0 Å². The van der Waals surface area contributed by atoms with Crippen molar-refractivity contribution in [2.24, 2.45) is 0 Å². The van der Waals surface area contributed by atoms with Gasteiger partial charge in [-0.15, -0.1) is 0 Å². The molecular formula is C18H21N3O3. The van der Waals surface area contributed by atoms with Gasteiger partial charge in [-0.3, -0.25) is 9.78 Å². The van der Waals surface area contributed by atoms with E-state index in [0.717, 1.165) is 12.1 Å². The number of methoxy groups -OCH3 is 1. The Labute approximate surface area is 141 Å². The van der Waals surface area contributed by atoms with E-state index in [9.17, 15) is 4.79 Å². The molecular weight excluding hydrogens is 306 g/mol. The smallest absolute Gasteiger partial charge is 0.261 e. The van der Waals surface area contributed by atoms with Gasteiger partial charge in [-0.2, -0.15) is 0 Å². The summed E-state index contributed by atoms with van der Waals surface area (Å²) in [6, 6.07) is 11.2. The van der Waals surface area contributed by atoms with E-state index in [0.29, 0.717) is 24.6 Å². The molecule has 0 spiro atoms. The average Bonchev–Trinajstić information content (AvgIpc) is 2.67. The highest BCUT2D eigenvalue weighted by Crippen LogP contribution is 2.26. The first-order valence-electron chi connectivity index (χ1n) is 7.95. The molecule has 6 heteroatoms. The van der Waals surface area contributed by atoms with Crippen LogP contribution in [0.2, 0.25) is 0 Å². The lowest BCUT2D eigenvalue weighted by atomic mass is 10.1. The van der Waals surface area contributed by atoms with Crippen molar-refractivity contribution in [3.63, 3.8) is 0 Å². The number of aromatic nitrogens is 1. The minimum absolute atomic E-state index is 0.0167. The van der Waals surface area contributed by atoms with Crippen LogP contribution < -0.4 is 14.8 Å². The van der Waals surface area contributed by atoms with Crippen LogP contribution in [0.5, 0.6) is 11.5 Å². The third-order valence-electron chi connectivity index (χ3n) is 4.05. The molecule has 2 heterocycles. The van der Waals surface area contributed by atoms with E-state index in [1.165, 1.54) is 0 Å². The van der Waals surface area contributed by atoms with Crippen molar-refractivity contribution in [2.75, 3.05) is 33.4 Å². The van der Waals surface area contributed by atoms with Crippen LogP contribution >= 0.6 is 0 Å². The van der Waals surface area contributed by atoms with Gasteiger partial charge in [-0.05, 0) is 23.8 Å². The lowest BCUT2D eigenvalue weighted by Gasteiger charge is -2.36. The third-order valence-corrected chi connectivity index (χ3v) is 4.05. The number of carbonyl (C=O) groups is 1. The first-order valence-corrected chi connectivity index (χ1v) is 7.95. The number of pyridine rings is 1. The number of nitrogens with one attached hydrogen (secondary N) is 1. The van der Waals surface area contributed by atoms with Crippen molar-refractivity contribution in [1.29, 1.82) is 0 Å². The predicted molar refractivity (Wildman–Crippen MR) is 90.0 cm³/mol. The molecule has 1 aliphatic rings. The van der Waals surface area contributed by atoms with Crippen molar-refractivity contribution in [3.05, 3.63) is 54.4 Å². The molecule has 1 amide bonds. The summed E-state index contributed by atoms with van der Waals surface area (Å²) in [6.45, 7) is 2.12. The largest absolute Gasteiger partial charge is 0.493 e. The molecule has 6 nitrogen and oxygen atoms in total. The maximum absolute atomic E-state index is 12.7. The number of amides is 1. The molecule has 1 atom stereocenters. The zero-order valence-corrected chi connectivity index (χ0v) is 13.6. The molecule has 0 aliphatic carbocycles. The number of piperazine rings is 1. The number of para-hydroxylation sites is 2. The van der Waals surface area contributed by atoms with Crippen LogP contribution in [0.3, 0.4) is 0 Å². The molecule has 0 radical (unpaired) electrons. The predicted octanol–water partition coefficient (Wildman–Crippen LogP) is 1.64. The van der Waals surface area contributed by atoms with E-state index in [1.807, 2.05) is 35.2 Å². The number of benzene rings is 1. The monoisotopic (exact) mass is 327 g/mol. The Bertz CT molecular complexity index is 678. The first kappa shape index (κ1) is 16.3. The highest BCUT2D eigenvalue weighted by Gasteiger charge is 2.28. The molecule has 1 aliphatic heterocycles. The Kier molecular flexibility index (Phi) is 5.28. The number of rotatable bonds is 5. The summed E-state index contributed by atoms with van der Waals surface area (Å²) in [5.41, 5.74) is 1.02. The molecule has 2 aromatic rings. The molecule has 1 unspecified atom stereocenters. The second-order valence-corrected chi connectivity index (χ2v) is 5.53. The lowest BCUT2D eigenvalue weighted by molar-refractivity contribution is -0.136. The van der Waals surface area contributed by atoms with E-state index >= 15 is 0 Å². The van der Waals surface area contributed by atoms with Gasteiger partial charge < -0.3 is 19.7 Å². The molecule has 0 saturated carbocycles. The van der Waals surface area contributed by atoms with Gasteiger partial charge in [0.1, 0.15) is 0 Å².